The molecule has 1 heterocycles. The van der Waals surface area contributed by atoms with Gasteiger partial charge in [-0.1, -0.05) is 36.4 Å². The van der Waals surface area contributed by atoms with Crippen molar-refractivity contribution in [1.29, 1.82) is 0 Å². The molecule has 0 aromatic heterocycles. The van der Waals surface area contributed by atoms with Crippen molar-refractivity contribution in [3.63, 3.8) is 0 Å². The summed E-state index contributed by atoms with van der Waals surface area (Å²) in [6, 6.07) is 14.6. The third kappa shape index (κ3) is 2.54. The van der Waals surface area contributed by atoms with Gasteiger partial charge in [0.1, 0.15) is 0 Å². The Bertz CT molecular complexity index is 863. The highest BCUT2D eigenvalue weighted by atomic mass is 16.7. The zero-order chi connectivity index (χ0) is 17.6. The van der Waals surface area contributed by atoms with E-state index in [0.717, 1.165) is 11.1 Å². The monoisotopic (exact) mass is 341 g/mol. The fraction of sp³-hybridized carbons (Fsp3) is 0.167. The maximum atomic E-state index is 12.0. The highest BCUT2D eigenvalue weighted by Gasteiger charge is 2.56. The SMILES string of the molecule is O=C(NO)[C@@H]1[C@H](c2ccccc2)[C@H]1c1ccc2c(c1)OC(O)=C(O)O2. The standard InChI is InChI=1S/C18H15NO6/c20-16(19-23)15-13(9-4-2-1-3-5-9)14(15)10-6-7-11-12(8-10)25-18(22)17(21)24-11/h1-8,13-15,21-23H,(H,19,20)/t13-,14-,15-/m1/s1. The summed E-state index contributed by atoms with van der Waals surface area (Å²) in [6.45, 7) is 0. The van der Waals surface area contributed by atoms with Crippen LogP contribution in [-0.4, -0.2) is 21.3 Å². The Kier molecular flexibility index (Phi) is 3.51. The van der Waals surface area contributed by atoms with Crippen LogP contribution in [0.1, 0.15) is 23.0 Å². The molecule has 1 amide bonds. The van der Waals surface area contributed by atoms with Crippen molar-refractivity contribution in [3.8, 4) is 11.5 Å². The van der Waals surface area contributed by atoms with Gasteiger partial charge in [0.2, 0.25) is 5.91 Å². The highest BCUT2D eigenvalue weighted by Crippen LogP contribution is 2.61. The molecule has 25 heavy (non-hydrogen) atoms. The summed E-state index contributed by atoms with van der Waals surface area (Å²) in [6.07, 6.45) is 0. The first kappa shape index (κ1) is 15.3. The predicted molar refractivity (Wildman–Crippen MR) is 85.3 cm³/mol. The van der Waals surface area contributed by atoms with Crippen LogP contribution in [0.5, 0.6) is 11.5 Å². The Morgan fingerprint density at radius 3 is 2.20 bits per heavy atom. The quantitative estimate of drug-likeness (QED) is 0.505. The van der Waals surface area contributed by atoms with Crippen LogP contribution in [0.25, 0.3) is 0 Å². The second kappa shape index (κ2) is 5.71. The van der Waals surface area contributed by atoms with Gasteiger partial charge in [0.15, 0.2) is 11.5 Å². The first-order valence-electron chi connectivity index (χ1n) is 7.71. The van der Waals surface area contributed by atoms with E-state index in [1.165, 1.54) is 0 Å². The number of rotatable bonds is 3. The summed E-state index contributed by atoms with van der Waals surface area (Å²) in [4.78, 5) is 12.0. The molecule has 0 bridgehead atoms. The minimum atomic E-state index is -0.718. The van der Waals surface area contributed by atoms with Crippen LogP contribution in [-0.2, 0) is 4.79 Å². The molecule has 0 radical (unpaired) electrons. The van der Waals surface area contributed by atoms with Gasteiger partial charge in [-0.05, 0) is 23.3 Å². The predicted octanol–water partition coefficient (Wildman–Crippen LogP) is 2.70. The smallest absolute Gasteiger partial charge is 0.367 e. The van der Waals surface area contributed by atoms with Gasteiger partial charge in [-0.15, -0.1) is 0 Å². The highest BCUT2D eigenvalue weighted by molar-refractivity contribution is 5.84. The molecule has 1 aliphatic heterocycles. The van der Waals surface area contributed by atoms with E-state index in [1.54, 1.807) is 23.7 Å². The van der Waals surface area contributed by atoms with E-state index >= 15 is 0 Å². The number of ether oxygens (including phenoxy) is 2. The maximum absolute atomic E-state index is 12.0. The molecule has 2 aliphatic rings. The lowest BCUT2D eigenvalue weighted by Gasteiger charge is -2.17. The number of benzene rings is 2. The molecule has 7 nitrogen and oxygen atoms in total. The molecule has 4 N–H and O–H groups in total. The summed E-state index contributed by atoms with van der Waals surface area (Å²) >= 11 is 0. The van der Waals surface area contributed by atoms with Gasteiger partial charge in [0.05, 0.1) is 5.92 Å². The number of aliphatic hydroxyl groups excluding tert-OH is 2. The molecule has 0 unspecified atom stereocenters. The van der Waals surface area contributed by atoms with Crippen molar-refractivity contribution in [1.82, 2.24) is 5.48 Å². The van der Waals surface area contributed by atoms with Crippen molar-refractivity contribution in [2.75, 3.05) is 0 Å². The number of hydrogen-bond acceptors (Lipinski definition) is 6. The van der Waals surface area contributed by atoms with E-state index in [0.29, 0.717) is 0 Å². The molecule has 1 saturated carbocycles. The third-order valence-corrected chi connectivity index (χ3v) is 4.57. The molecule has 1 aliphatic carbocycles. The summed E-state index contributed by atoms with van der Waals surface area (Å²) in [5, 5.41) is 27.8. The van der Waals surface area contributed by atoms with Crippen molar-refractivity contribution in [2.24, 2.45) is 5.92 Å². The Labute approximate surface area is 142 Å². The molecule has 0 saturated heterocycles. The number of hydrogen-bond donors (Lipinski definition) is 4. The van der Waals surface area contributed by atoms with Crippen LogP contribution < -0.4 is 15.0 Å². The van der Waals surface area contributed by atoms with E-state index in [-0.39, 0.29) is 23.3 Å². The summed E-state index contributed by atoms with van der Waals surface area (Å²) in [5.74, 6) is -2.00. The second-order valence-electron chi connectivity index (χ2n) is 5.98. The lowest BCUT2D eigenvalue weighted by atomic mass is 10.0. The van der Waals surface area contributed by atoms with Crippen LogP contribution >= 0.6 is 0 Å². The van der Waals surface area contributed by atoms with E-state index in [4.69, 9.17) is 14.7 Å². The lowest BCUT2D eigenvalue weighted by Crippen LogP contribution is -2.21. The number of carbonyl (C=O) groups is 1. The van der Waals surface area contributed by atoms with Gasteiger partial charge in [0, 0.05) is 11.8 Å². The van der Waals surface area contributed by atoms with Gasteiger partial charge in [0.25, 0.3) is 0 Å². The molecule has 7 heteroatoms. The molecule has 2 aromatic carbocycles. The molecule has 0 spiro atoms. The van der Waals surface area contributed by atoms with Gasteiger partial charge in [-0.25, -0.2) is 5.48 Å². The Balaban J connectivity index is 1.67. The van der Waals surface area contributed by atoms with Crippen molar-refractivity contribution in [3.05, 3.63) is 71.5 Å². The average molecular weight is 341 g/mol. The fourth-order valence-electron chi connectivity index (χ4n) is 3.41. The molecule has 3 atom stereocenters. The molecule has 1 fully saturated rings. The normalized spacial score (nSPS) is 24.0. The largest absolute Gasteiger partial charge is 0.476 e. The number of nitrogens with one attached hydrogen (secondary N) is 1. The van der Waals surface area contributed by atoms with E-state index in [2.05, 4.69) is 0 Å². The number of aliphatic hydroxyl groups is 2. The van der Waals surface area contributed by atoms with Crippen molar-refractivity contribution >= 4 is 5.91 Å². The Morgan fingerprint density at radius 2 is 1.52 bits per heavy atom. The number of amides is 1. The lowest BCUT2D eigenvalue weighted by molar-refractivity contribution is -0.130. The van der Waals surface area contributed by atoms with Gasteiger partial charge >= 0.3 is 11.9 Å². The van der Waals surface area contributed by atoms with Gasteiger partial charge in [-0.2, -0.15) is 0 Å². The summed E-state index contributed by atoms with van der Waals surface area (Å²) in [5.41, 5.74) is 3.53. The first-order chi connectivity index (χ1) is 12.1. The Morgan fingerprint density at radius 1 is 0.880 bits per heavy atom. The van der Waals surface area contributed by atoms with E-state index in [1.807, 2.05) is 30.3 Å². The molecule has 128 valence electrons. The van der Waals surface area contributed by atoms with Gasteiger partial charge < -0.3 is 19.7 Å². The Hall–Kier alpha value is -3.19. The minimum Gasteiger partial charge on any atom is -0.476 e. The first-order valence-corrected chi connectivity index (χ1v) is 7.71. The summed E-state index contributed by atoms with van der Waals surface area (Å²) < 4.78 is 10.2. The fourth-order valence-corrected chi connectivity index (χ4v) is 3.41. The number of fused-ring (bicyclic) bond motifs is 1. The zero-order valence-electron chi connectivity index (χ0n) is 12.9. The van der Waals surface area contributed by atoms with Crippen LogP contribution in [0.3, 0.4) is 0 Å². The van der Waals surface area contributed by atoms with Crippen LogP contribution in [0, 0.1) is 5.92 Å². The zero-order valence-corrected chi connectivity index (χ0v) is 12.9. The van der Waals surface area contributed by atoms with Gasteiger partial charge in [-0.3, -0.25) is 10.0 Å². The molecular weight excluding hydrogens is 326 g/mol. The van der Waals surface area contributed by atoms with Crippen molar-refractivity contribution in [2.45, 2.75) is 11.8 Å². The summed E-state index contributed by atoms with van der Waals surface area (Å²) in [7, 11) is 0. The van der Waals surface area contributed by atoms with Crippen molar-refractivity contribution < 1.29 is 29.7 Å². The van der Waals surface area contributed by atoms with Crippen LogP contribution in [0.4, 0.5) is 0 Å². The molecule has 4 rings (SSSR count). The van der Waals surface area contributed by atoms with E-state index in [9.17, 15) is 15.0 Å². The minimum absolute atomic E-state index is 0.0755. The maximum Gasteiger partial charge on any atom is 0.367 e. The molecule has 2 aromatic rings. The van der Waals surface area contributed by atoms with Crippen LogP contribution in [0.2, 0.25) is 0 Å². The van der Waals surface area contributed by atoms with E-state index < -0.39 is 23.7 Å². The number of hydroxylamine groups is 1. The topological polar surface area (TPSA) is 108 Å². The molecular formula is C18H15NO6. The third-order valence-electron chi connectivity index (χ3n) is 4.57. The average Bonchev–Trinajstić information content (AvgIpc) is 3.38. The number of carbonyl (C=O) groups excluding carboxylic acids is 1. The van der Waals surface area contributed by atoms with Crippen LogP contribution in [0.15, 0.2) is 60.4 Å². The second-order valence-corrected chi connectivity index (χ2v) is 5.98.